The van der Waals surface area contributed by atoms with Crippen LogP contribution in [0, 0.1) is 0 Å². The molecule has 1 aromatic rings. The molecule has 14 heavy (non-hydrogen) atoms. The molecule has 0 heterocycles. The molecule has 1 rings (SSSR count). The average Bonchev–Trinajstić information content (AvgIpc) is 2.03. The van der Waals surface area contributed by atoms with Gasteiger partial charge >= 0.3 is 0 Å². The van der Waals surface area contributed by atoms with E-state index in [2.05, 4.69) is 21.1 Å². The van der Waals surface area contributed by atoms with Gasteiger partial charge in [0.25, 0.3) is 0 Å². The number of nitrogens with zero attached hydrogens (tertiary/aromatic N) is 1. The zero-order valence-corrected chi connectivity index (χ0v) is 9.01. The van der Waals surface area contributed by atoms with Crippen LogP contribution in [-0.2, 0) is 0 Å². The largest absolute Gasteiger partial charge is 0.870 e. The quantitative estimate of drug-likeness (QED) is 0.741. The number of hydrogen-bond donors (Lipinski definition) is 1. The highest BCUT2D eigenvalue weighted by Gasteiger charge is 2.16. The fraction of sp³-hybridized carbons (Fsp3) is 0.455. The Hall–Kier alpha value is -0.900. The van der Waals surface area contributed by atoms with Crippen molar-refractivity contribution in [3.63, 3.8) is 0 Å². The first-order valence-corrected chi connectivity index (χ1v) is 4.52. The van der Waals surface area contributed by atoms with Crippen LogP contribution in [0.2, 0.25) is 0 Å². The van der Waals surface area contributed by atoms with Crippen LogP contribution in [0.3, 0.4) is 0 Å². The van der Waals surface area contributed by atoms with Crippen molar-refractivity contribution in [2.24, 2.45) is 0 Å². The molecule has 0 saturated carbocycles. The Labute approximate surface area is 85.5 Å². The number of likely N-dealkylation sites (N-methyl/N-ethyl adjacent to an activating group) is 1. The van der Waals surface area contributed by atoms with Gasteiger partial charge in [-0.1, -0.05) is 30.3 Å². The lowest BCUT2D eigenvalue weighted by Gasteiger charge is -2.26. The van der Waals surface area contributed by atoms with Crippen LogP contribution < -0.4 is 0 Å². The fourth-order valence-electron chi connectivity index (χ4n) is 1.30. The van der Waals surface area contributed by atoms with Crippen molar-refractivity contribution in [1.29, 1.82) is 0 Å². The maximum Gasteiger partial charge on any atom is 0.128 e. The number of quaternary nitrogens is 1. The number of hydrogen-bond acceptors (Lipinski definition) is 2. The van der Waals surface area contributed by atoms with E-state index in [1.165, 1.54) is 0 Å². The summed E-state index contributed by atoms with van der Waals surface area (Å²) in [6.07, 6.45) is -0.360. The normalized spacial score (nSPS) is 13.1. The summed E-state index contributed by atoms with van der Waals surface area (Å²) in [4.78, 5) is 0. The molecule has 3 heteroatoms. The Morgan fingerprint density at radius 3 is 2.07 bits per heavy atom. The predicted molar refractivity (Wildman–Crippen MR) is 56.2 cm³/mol. The fourth-order valence-corrected chi connectivity index (χ4v) is 1.30. The molecule has 2 N–H and O–H groups in total. The second-order valence-corrected chi connectivity index (χ2v) is 4.40. The molecule has 0 radical (unpaired) electrons. The highest BCUT2D eigenvalue weighted by atomic mass is 16.3. The zero-order chi connectivity index (χ0) is 9.90. The van der Waals surface area contributed by atoms with Crippen molar-refractivity contribution in [2.75, 3.05) is 27.7 Å². The van der Waals surface area contributed by atoms with Crippen molar-refractivity contribution < 1.29 is 15.1 Å². The van der Waals surface area contributed by atoms with E-state index >= 15 is 0 Å². The summed E-state index contributed by atoms with van der Waals surface area (Å²) >= 11 is 0. The average molecular weight is 197 g/mol. The van der Waals surface area contributed by atoms with Crippen LogP contribution in [0.5, 0.6) is 0 Å². The minimum Gasteiger partial charge on any atom is -0.870 e. The van der Waals surface area contributed by atoms with E-state index < -0.39 is 0 Å². The van der Waals surface area contributed by atoms with Gasteiger partial charge in [0.15, 0.2) is 0 Å². The third-order valence-corrected chi connectivity index (χ3v) is 1.91. The minimum atomic E-state index is -0.360. The van der Waals surface area contributed by atoms with Gasteiger partial charge in [-0.3, -0.25) is 0 Å². The molecule has 0 spiro atoms. The molecule has 1 unspecified atom stereocenters. The summed E-state index contributed by atoms with van der Waals surface area (Å²) in [5, 5.41) is 9.84. The smallest absolute Gasteiger partial charge is 0.128 e. The zero-order valence-electron chi connectivity index (χ0n) is 9.01. The predicted octanol–water partition coefficient (Wildman–Crippen LogP) is 1.25. The van der Waals surface area contributed by atoms with E-state index in [4.69, 9.17) is 0 Å². The second-order valence-electron chi connectivity index (χ2n) is 4.40. The minimum absolute atomic E-state index is 0. The lowest BCUT2D eigenvalue weighted by molar-refractivity contribution is -0.874. The van der Waals surface area contributed by atoms with E-state index in [0.717, 1.165) is 16.6 Å². The van der Waals surface area contributed by atoms with Crippen LogP contribution in [0.1, 0.15) is 11.7 Å². The van der Waals surface area contributed by atoms with E-state index in [-0.39, 0.29) is 11.6 Å². The third-order valence-electron chi connectivity index (χ3n) is 1.91. The van der Waals surface area contributed by atoms with Gasteiger partial charge in [0, 0.05) is 0 Å². The molecule has 0 aromatic heterocycles. The van der Waals surface area contributed by atoms with Gasteiger partial charge in [-0.15, -0.1) is 0 Å². The highest BCUT2D eigenvalue weighted by Crippen LogP contribution is 2.14. The molecule has 3 nitrogen and oxygen atoms in total. The number of benzene rings is 1. The first kappa shape index (κ1) is 13.1. The molecule has 0 aliphatic heterocycles. The van der Waals surface area contributed by atoms with Crippen LogP contribution in [-0.4, -0.2) is 42.8 Å². The summed E-state index contributed by atoms with van der Waals surface area (Å²) in [5.74, 6) is 0. The summed E-state index contributed by atoms with van der Waals surface area (Å²) in [7, 11) is 6.23. The Bertz CT molecular complexity index is 254. The topological polar surface area (TPSA) is 50.2 Å². The molecule has 0 aliphatic rings. The lowest BCUT2D eigenvalue weighted by atomic mass is 10.1. The molecule has 0 saturated heterocycles. The number of aliphatic hydroxyl groups excluding tert-OH is 1. The van der Waals surface area contributed by atoms with Crippen LogP contribution in [0.25, 0.3) is 0 Å². The Morgan fingerprint density at radius 2 is 1.64 bits per heavy atom. The van der Waals surface area contributed by atoms with Gasteiger partial charge in [0.2, 0.25) is 0 Å². The molecule has 1 atom stereocenters. The van der Waals surface area contributed by atoms with Crippen molar-refractivity contribution in [2.45, 2.75) is 6.10 Å². The van der Waals surface area contributed by atoms with Gasteiger partial charge in [0.05, 0.1) is 21.1 Å². The van der Waals surface area contributed by atoms with Crippen LogP contribution in [0.15, 0.2) is 30.3 Å². The first-order valence-electron chi connectivity index (χ1n) is 4.52. The summed E-state index contributed by atoms with van der Waals surface area (Å²) in [6, 6.07) is 9.78. The van der Waals surface area contributed by atoms with Crippen molar-refractivity contribution in [3.05, 3.63) is 35.9 Å². The Balaban J connectivity index is 0.00000169. The second kappa shape index (κ2) is 5.10. The van der Waals surface area contributed by atoms with Crippen LogP contribution in [0.4, 0.5) is 0 Å². The molecule has 0 amide bonds. The molecule has 1 aromatic carbocycles. The number of rotatable bonds is 3. The van der Waals surface area contributed by atoms with Crippen molar-refractivity contribution in [3.8, 4) is 0 Å². The maximum atomic E-state index is 9.84. The Kier molecular flexibility index (Phi) is 4.77. The van der Waals surface area contributed by atoms with Crippen molar-refractivity contribution in [1.82, 2.24) is 0 Å². The SMILES string of the molecule is C[N+](C)(C)CC(O)c1ccccc1.[OH-]. The van der Waals surface area contributed by atoms with E-state index in [9.17, 15) is 5.11 Å². The summed E-state index contributed by atoms with van der Waals surface area (Å²) in [6.45, 7) is 0.740. The maximum absolute atomic E-state index is 9.84. The van der Waals surface area contributed by atoms with E-state index in [1.54, 1.807) is 0 Å². The monoisotopic (exact) mass is 197 g/mol. The molecular weight excluding hydrogens is 178 g/mol. The standard InChI is InChI=1S/C11H18NO.H2O/c1-12(2,3)9-11(13)10-7-5-4-6-8-10;/h4-8,11,13H,9H2,1-3H3;1H2/q+1;/p-1. The summed E-state index contributed by atoms with van der Waals surface area (Å²) in [5.41, 5.74) is 0.996. The molecule has 0 aliphatic carbocycles. The summed E-state index contributed by atoms with van der Waals surface area (Å²) < 4.78 is 0.774. The van der Waals surface area contributed by atoms with Gasteiger partial charge in [-0.2, -0.15) is 0 Å². The molecule has 80 valence electrons. The molecule has 0 bridgehead atoms. The number of aliphatic hydroxyl groups is 1. The highest BCUT2D eigenvalue weighted by molar-refractivity contribution is 5.17. The van der Waals surface area contributed by atoms with Crippen molar-refractivity contribution >= 4 is 0 Å². The van der Waals surface area contributed by atoms with Gasteiger partial charge in [0.1, 0.15) is 12.6 Å². The van der Waals surface area contributed by atoms with Gasteiger partial charge in [-0.05, 0) is 5.56 Å². The molecule has 0 fully saturated rings. The molecular formula is C11H19NO2. The third kappa shape index (κ3) is 4.37. The van der Waals surface area contributed by atoms with E-state index in [1.807, 2.05) is 30.3 Å². The van der Waals surface area contributed by atoms with E-state index in [0.29, 0.717) is 0 Å². The Morgan fingerprint density at radius 1 is 1.14 bits per heavy atom. The van der Waals surface area contributed by atoms with Gasteiger partial charge in [-0.25, -0.2) is 0 Å². The van der Waals surface area contributed by atoms with Crippen LogP contribution >= 0.6 is 0 Å². The van der Waals surface area contributed by atoms with Gasteiger partial charge < -0.3 is 15.1 Å². The lowest BCUT2D eigenvalue weighted by Crippen LogP contribution is -2.38. The first-order chi connectivity index (χ1) is 5.99.